The minimum absolute atomic E-state index is 0.0290. The molecule has 0 rings (SSSR count). The fraction of sp³-hybridized carbons (Fsp3) is 0.922. The predicted molar refractivity (Wildman–Crippen MR) is 255 cm³/mol. The summed E-state index contributed by atoms with van der Waals surface area (Å²) in [5.74, 6) is -0.829. The molecule has 0 radical (unpaired) electrons. The van der Waals surface area contributed by atoms with Crippen molar-refractivity contribution in [1.82, 2.24) is 0 Å². The molecule has 61 heavy (non-hydrogen) atoms. The zero-order chi connectivity index (χ0) is 45.0. The van der Waals surface area contributed by atoms with Gasteiger partial charge in [-0.1, -0.05) is 212 Å². The average Bonchev–Trinajstić information content (AvgIpc) is 3.21. The van der Waals surface area contributed by atoms with E-state index < -0.39 is 26.5 Å². The molecule has 1 unspecified atom stereocenters. The molecule has 0 N–H and O–H groups in total. The van der Waals surface area contributed by atoms with Gasteiger partial charge in [0.25, 0.3) is 7.82 Å². The van der Waals surface area contributed by atoms with E-state index in [-0.39, 0.29) is 32.0 Å². The number of ether oxygens (including phenoxy) is 2. The monoisotopic (exact) mass is 886 g/mol. The molecular formula is C51H100NO8P. The third-order valence-corrected chi connectivity index (χ3v) is 12.5. The second-order valence-corrected chi connectivity index (χ2v) is 20.3. The van der Waals surface area contributed by atoms with Crippen molar-refractivity contribution in [2.45, 2.75) is 258 Å². The lowest BCUT2D eigenvalue weighted by atomic mass is 10.0. The number of likely N-dealkylation sites (N-methyl/N-ethyl adjacent to an activating group) is 1. The summed E-state index contributed by atoms with van der Waals surface area (Å²) in [6.07, 6.45) is 48.2. The number of nitrogens with zero attached hydrogens (tertiary/aromatic N) is 1. The number of carbonyl (C=O) groups excluding carboxylic acids is 2. The lowest BCUT2D eigenvalue weighted by Gasteiger charge is -2.28. The van der Waals surface area contributed by atoms with Gasteiger partial charge in [0.1, 0.15) is 19.8 Å². The summed E-state index contributed by atoms with van der Waals surface area (Å²) in [5, 5.41) is 0. The van der Waals surface area contributed by atoms with Crippen molar-refractivity contribution in [2.75, 3.05) is 47.5 Å². The van der Waals surface area contributed by atoms with Crippen LogP contribution < -0.4 is 4.89 Å². The van der Waals surface area contributed by atoms with Gasteiger partial charge in [-0.05, 0) is 38.5 Å². The highest BCUT2D eigenvalue weighted by Gasteiger charge is 2.21. The van der Waals surface area contributed by atoms with E-state index in [1.165, 1.54) is 167 Å². The van der Waals surface area contributed by atoms with Crippen molar-refractivity contribution in [1.29, 1.82) is 0 Å². The van der Waals surface area contributed by atoms with Crippen LogP contribution in [0.15, 0.2) is 12.2 Å². The number of hydrogen-bond acceptors (Lipinski definition) is 8. The SMILES string of the molecule is CCCCCCCC/C=C/CCCCCCCC(=O)O[C@H](COC(=O)CCCCCCCCCCCCCCCCCCCCCCCC)COP(=O)([O-])OCC[N+](C)(C)C. The van der Waals surface area contributed by atoms with Crippen molar-refractivity contribution in [3.8, 4) is 0 Å². The molecule has 362 valence electrons. The van der Waals surface area contributed by atoms with Crippen molar-refractivity contribution in [3.63, 3.8) is 0 Å². The van der Waals surface area contributed by atoms with E-state index in [0.29, 0.717) is 17.4 Å². The van der Waals surface area contributed by atoms with E-state index in [1.54, 1.807) is 0 Å². The van der Waals surface area contributed by atoms with Crippen LogP contribution in [0.1, 0.15) is 251 Å². The maximum absolute atomic E-state index is 12.7. The second kappa shape index (κ2) is 44.0. The van der Waals surface area contributed by atoms with Gasteiger partial charge in [-0.25, -0.2) is 0 Å². The standard InChI is InChI=1S/C51H100NO8P/c1-6-8-10-12-14-16-18-20-22-23-24-25-26-27-28-30-31-33-35-37-39-41-43-50(53)57-47-49(48-59-61(55,56)58-46-45-52(3,4)5)60-51(54)44-42-40-38-36-34-32-29-21-19-17-15-13-11-9-7-2/h21,29,49H,6-20,22-28,30-48H2,1-5H3/b29-21+/t49-/m1/s1. The Hall–Kier alpha value is -1.25. The van der Waals surface area contributed by atoms with Gasteiger partial charge in [0, 0.05) is 12.8 Å². The summed E-state index contributed by atoms with van der Waals surface area (Å²) in [7, 11) is 1.17. The van der Waals surface area contributed by atoms with Gasteiger partial charge < -0.3 is 27.9 Å². The van der Waals surface area contributed by atoms with Crippen molar-refractivity contribution in [3.05, 3.63) is 12.2 Å². The topological polar surface area (TPSA) is 111 Å². The highest BCUT2D eigenvalue weighted by molar-refractivity contribution is 7.45. The van der Waals surface area contributed by atoms with Crippen LogP contribution in [-0.2, 0) is 32.7 Å². The first-order valence-corrected chi connectivity index (χ1v) is 27.4. The number of phosphoric ester groups is 1. The Kier molecular flexibility index (Phi) is 43.1. The predicted octanol–water partition coefficient (Wildman–Crippen LogP) is 14.7. The first-order chi connectivity index (χ1) is 29.5. The van der Waals surface area contributed by atoms with Gasteiger partial charge in [-0.2, -0.15) is 0 Å². The average molecular weight is 886 g/mol. The normalized spacial score (nSPS) is 13.5. The number of rotatable bonds is 48. The molecule has 0 aromatic rings. The minimum Gasteiger partial charge on any atom is -0.756 e. The third kappa shape index (κ3) is 48.1. The molecule has 2 atom stereocenters. The van der Waals surface area contributed by atoms with Crippen molar-refractivity contribution in [2.24, 2.45) is 0 Å². The molecule has 10 heteroatoms. The Labute approximate surface area is 377 Å². The molecule has 0 saturated carbocycles. The molecule has 0 amide bonds. The van der Waals surface area contributed by atoms with E-state index in [4.69, 9.17) is 18.5 Å². The highest BCUT2D eigenvalue weighted by Crippen LogP contribution is 2.38. The molecule has 9 nitrogen and oxygen atoms in total. The lowest BCUT2D eigenvalue weighted by Crippen LogP contribution is -2.37. The van der Waals surface area contributed by atoms with Crippen LogP contribution in [-0.4, -0.2) is 70.0 Å². The number of phosphoric acid groups is 1. The van der Waals surface area contributed by atoms with Gasteiger partial charge in [0.05, 0.1) is 27.7 Å². The number of carbonyl (C=O) groups is 2. The smallest absolute Gasteiger partial charge is 0.306 e. The first-order valence-electron chi connectivity index (χ1n) is 25.9. The van der Waals surface area contributed by atoms with Crippen molar-refractivity contribution < 1.29 is 42.1 Å². The summed E-state index contributed by atoms with van der Waals surface area (Å²) < 4.78 is 34.0. The van der Waals surface area contributed by atoms with Crippen LogP contribution >= 0.6 is 7.82 Å². The van der Waals surface area contributed by atoms with E-state index in [0.717, 1.165) is 51.4 Å². The Morgan fingerprint density at radius 2 is 0.836 bits per heavy atom. The number of hydrogen-bond donors (Lipinski definition) is 0. The lowest BCUT2D eigenvalue weighted by molar-refractivity contribution is -0.870. The Morgan fingerprint density at radius 1 is 0.492 bits per heavy atom. The second-order valence-electron chi connectivity index (χ2n) is 18.9. The number of esters is 2. The van der Waals surface area contributed by atoms with Gasteiger partial charge in [0.15, 0.2) is 6.10 Å². The van der Waals surface area contributed by atoms with Gasteiger partial charge >= 0.3 is 11.9 Å². The van der Waals surface area contributed by atoms with Crippen LogP contribution in [0.4, 0.5) is 0 Å². The Morgan fingerprint density at radius 3 is 1.21 bits per heavy atom. The fourth-order valence-electron chi connectivity index (χ4n) is 7.48. The van der Waals surface area contributed by atoms with E-state index in [2.05, 4.69) is 26.0 Å². The van der Waals surface area contributed by atoms with Crippen molar-refractivity contribution >= 4 is 19.8 Å². The molecule has 0 aliphatic heterocycles. The molecule has 0 bridgehead atoms. The van der Waals surface area contributed by atoms with Gasteiger partial charge in [-0.3, -0.25) is 14.2 Å². The maximum atomic E-state index is 12.7. The van der Waals surface area contributed by atoms with Crippen LogP contribution in [0.25, 0.3) is 0 Å². The summed E-state index contributed by atoms with van der Waals surface area (Å²) in [6.45, 7) is 4.26. The molecule has 0 fully saturated rings. The molecule has 0 aliphatic rings. The van der Waals surface area contributed by atoms with E-state index in [1.807, 2.05) is 21.1 Å². The number of unbranched alkanes of at least 4 members (excludes halogenated alkanes) is 32. The summed E-state index contributed by atoms with van der Waals surface area (Å²) in [4.78, 5) is 37.7. The molecular weight excluding hydrogens is 786 g/mol. The molecule has 0 aromatic heterocycles. The molecule has 0 spiro atoms. The van der Waals surface area contributed by atoms with Crippen LogP contribution in [0, 0.1) is 0 Å². The molecule has 0 saturated heterocycles. The minimum atomic E-state index is -4.63. The van der Waals surface area contributed by atoms with Gasteiger partial charge in [-0.15, -0.1) is 0 Å². The fourth-order valence-corrected chi connectivity index (χ4v) is 8.20. The summed E-state index contributed by atoms with van der Waals surface area (Å²) in [5.41, 5.74) is 0. The summed E-state index contributed by atoms with van der Waals surface area (Å²) >= 11 is 0. The summed E-state index contributed by atoms with van der Waals surface area (Å²) in [6, 6.07) is 0. The Bertz CT molecular complexity index is 1050. The Balaban J connectivity index is 4.18. The quantitative estimate of drug-likeness (QED) is 0.0195. The highest BCUT2D eigenvalue weighted by atomic mass is 31.2. The van der Waals surface area contributed by atoms with Crippen LogP contribution in [0.2, 0.25) is 0 Å². The zero-order valence-electron chi connectivity index (χ0n) is 40.9. The number of quaternary nitrogens is 1. The molecule has 0 aromatic carbocycles. The largest absolute Gasteiger partial charge is 0.756 e. The van der Waals surface area contributed by atoms with E-state index >= 15 is 0 Å². The first kappa shape index (κ1) is 59.8. The van der Waals surface area contributed by atoms with Gasteiger partial charge in [0.2, 0.25) is 0 Å². The van der Waals surface area contributed by atoms with Crippen LogP contribution in [0.3, 0.4) is 0 Å². The number of allylic oxidation sites excluding steroid dienone is 2. The molecule has 0 aliphatic carbocycles. The maximum Gasteiger partial charge on any atom is 0.306 e. The third-order valence-electron chi connectivity index (χ3n) is 11.5. The zero-order valence-corrected chi connectivity index (χ0v) is 41.8. The molecule has 0 heterocycles. The van der Waals surface area contributed by atoms with Crippen LogP contribution in [0.5, 0.6) is 0 Å². The van der Waals surface area contributed by atoms with E-state index in [9.17, 15) is 19.0 Å².